The van der Waals surface area contributed by atoms with Gasteiger partial charge in [-0.05, 0) is 37.9 Å². The summed E-state index contributed by atoms with van der Waals surface area (Å²) in [7, 11) is 1.82. The zero-order valence-electron chi connectivity index (χ0n) is 16.1. The molecule has 2 heterocycles. The zero-order valence-corrected chi connectivity index (χ0v) is 16.1. The lowest BCUT2D eigenvalue weighted by Gasteiger charge is -2.19. The SMILES string of the molecule is CNC(C=O)CCCCn1nnc2c1-c1ccccc1CNc1ccccc1-2. The molecular formula is C22H25N5O. The summed E-state index contributed by atoms with van der Waals surface area (Å²) in [6, 6.07) is 16.6. The van der Waals surface area contributed by atoms with Crippen LogP contribution in [-0.4, -0.2) is 34.4 Å². The number of nitrogens with zero attached hydrogens (tertiary/aromatic N) is 3. The zero-order chi connectivity index (χ0) is 19.3. The number of nitrogens with one attached hydrogen (secondary N) is 2. The predicted octanol–water partition coefficient (Wildman–Crippen LogP) is 3.49. The van der Waals surface area contributed by atoms with Crippen LogP contribution in [-0.2, 0) is 17.9 Å². The number of fused-ring (bicyclic) bond motifs is 5. The molecular weight excluding hydrogens is 350 g/mol. The molecule has 1 unspecified atom stereocenters. The highest BCUT2D eigenvalue weighted by atomic mass is 16.1. The van der Waals surface area contributed by atoms with E-state index in [2.05, 4.69) is 57.3 Å². The van der Waals surface area contributed by atoms with E-state index in [4.69, 9.17) is 0 Å². The molecule has 1 atom stereocenters. The molecule has 0 saturated heterocycles. The summed E-state index contributed by atoms with van der Waals surface area (Å²) >= 11 is 0. The first kappa shape index (κ1) is 18.4. The average Bonchev–Trinajstić information content (AvgIpc) is 3.14. The summed E-state index contributed by atoms with van der Waals surface area (Å²) in [5.74, 6) is 0. The van der Waals surface area contributed by atoms with E-state index in [0.29, 0.717) is 0 Å². The Labute approximate surface area is 165 Å². The van der Waals surface area contributed by atoms with Crippen molar-refractivity contribution in [1.82, 2.24) is 20.3 Å². The van der Waals surface area contributed by atoms with Gasteiger partial charge in [0.15, 0.2) is 0 Å². The number of hydrogen-bond donors (Lipinski definition) is 2. The van der Waals surface area contributed by atoms with Crippen LogP contribution in [0.5, 0.6) is 0 Å². The lowest BCUT2D eigenvalue weighted by atomic mass is 9.96. The molecule has 1 aliphatic heterocycles. The van der Waals surface area contributed by atoms with Crippen LogP contribution in [0.3, 0.4) is 0 Å². The molecule has 3 aromatic rings. The monoisotopic (exact) mass is 375 g/mol. The smallest absolute Gasteiger partial charge is 0.136 e. The Morgan fingerprint density at radius 3 is 2.75 bits per heavy atom. The molecule has 0 aliphatic carbocycles. The van der Waals surface area contributed by atoms with Crippen LogP contribution in [0.2, 0.25) is 0 Å². The van der Waals surface area contributed by atoms with E-state index < -0.39 is 0 Å². The highest BCUT2D eigenvalue weighted by molar-refractivity contribution is 5.87. The highest BCUT2D eigenvalue weighted by Crippen LogP contribution is 2.38. The fourth-order valence-corrected chi connectivity index (χ4v) is 3.76. The van der Waals surface area contributed by atoms with Gasteiger partial charge in [0.1, 0.15) is 12.0 Å². The quantitative estimate of drug-likeness (QED) is 0.489. The Morgan fingerprint density at radius 2 is 1.93 bits per heavy atom. The summed E-state index contributed by atoms with van der Waals surface area (Å²) in [4.78, 5) is 11.0. The summed E-state index contributed by atoms with van der Waals surface area (Å²) in [6.07, 6.45) is 3.72. The van der Waals surface area contributed by atoms with Crippen LogP contribution in [0, 0.1) is 0 Å². The number of aryl methyl sites for hydroxylation is 1. The number of aromatic nitrogens is 3. The molecule has 0 radical (unpaired) electrons. The first-order chi connectivity index (χ1) is 13.8. The largest absolute Gasteiger partial charge is 0.380 e. The van der Waals surface area contributed by atoms with Crippen molar-refractivity contribution in [2.75, 3.05) is 12.4 Å². The topological polar surface area (TPSA) is 71.8 Å². The molecule has 0 fully saturated rings. The standard InChI is InChI=1S/C22H25N5O/c1-23-17(15-28)9-6-7-13-27-22-18-10-3-2-8-16(18)14-24-20-12-5-4-11-19(20)21(22)25-26-27/h2-5,8,10-12,15,17,23-24H,6-7,9,13-14H2,1H3. The predicted molar refractivity (Wildman–Crippen MR) is 111 cm³/mol. The third-order valence-electron chi connectivity index (χ3n) is 5.33. The second-order valence-corrected chi connectivity index (χ2v) is 7.09. The van der Waals surface area contributed by atoms with E-state index in [1.54, 1.807) is 0 Å². The Balaban J connectivity index is 1.67. The van der Waals surface area contributed by atoms with Gasteiger partial charge in [-0.2, -0.15) is 0 Å². The van der Waals surface area contributed by atoms with Gasteiger partial charge in [-0.1, -0.05) is 47.7 Å². The molecule has 1 aromatic heterocycles. The number of likely N-dealkylation sites (N-methyl/N-ethyl adjacent to an activating group) is 1. The lowest BCUT2D eigenvalue weighted by molar-refractivity contribution is -0.109. The molecule has 6 nitrogen and oxygen atoms in total. The third kappa shape index (κ3) is 3.55. The van der Waals surface area contributed by atoms with Crippen molar-refractivity contribution < 1.29 is 4.79 Å². The van der Waals surface area contributed by atoms with Crippen molar-refractivity contribution in [2.24, 2.45) is 0 Å². The molecule has 4 rings (SSSR count). The number of carbonyl (C=O) groups is 1. The number of anilines is 1. The first-order valence-corrected chi connectivity index (χ1v) is 9.79. The number of benzene rings is 2. The van der Waals surface area contributed by atoms with Gasteiger partial charge in [0.25, 0.3) is 0 Å². The van der Waals surface area contributed by atoms with E-state index in [0.717, 1.165) is 61.3 Å². The summed E-state index contributed by atoms with van der Waals surface area (Å²) in [5, 5.41) is 15.6. The van der Waals surface area contributed by atoms with Crippen LogP contribution < -0.4 is 10.6 Å². The van der Waals surface area contributed by atoms with Crippen molar-refractivity contribution in [3.63, 3.8) is 0 Å². The minimum atomic E-state index is -0.0740. The number of aldehydes is 1. The van der Waals surface area contributed by atoms with Crippen molar-refractivity contribution in [3.05, 3.63) is 54.1 Å². The number of unbranched alkanes of at least 4 members (excludes halogenated alkanes) is 1. The molecule has 2 aromatic carbocycles. The molecule has 0 saturated carbocycles. The Bertz CT molecular complexity index is 965. The van der Waals surface area contributed by atoms with Gasteiger partial charge in [-0.25, -0.2) is 4.68 Å². The maximum absolute atomic E-state index is 11.0. The van der Waals surface area contributed by atoms with Gasteiger partial charge in [0.2, 0.25) is 0 Å². The van der Waals surface area contributed by atoms with Crippen LogP contribution in [0.25, 0.3) is 22.5 Å². The minimum Gasteiger partial charge on any atom is -0.380 e. The van der Waals surface area contributed by atoms with E-state index in [-0.39, 0.29) is 6.04 Å². The van der Waals surface area contributed by atoms with Gasteiger partial charge >= 0.3 is 0 Å². The van der Waals surface area contributed by atoms with Crippen molar-refractivity contribution in [1.29, 1.82) is 0 Å². The fraction of sp³-hybridized carbons (Fsp3) is 0.318. The maximum Gasteiger partial charge on any atom is 0.136 e. The second kappa shape index (κ2) is 8.35. The average molecular weight is 375 g/mol. The molecule has 2 N–H and O–H groups in total. The van der Waals surface area contributed by atoms with E-state index >= 15 is 0 Å². The molecule has 28 heavy (non-hydrogen) atoms. The Kier molecular flexibility index (Phi) is 5.48. The van der Waals surface area contributed by atoms with Gasteiger partial charge < -0.3 is 15.4 Å². The van der Waals surface area contributed by atoms with Crippen LogP contribution in [0.15, 0.2) is 48.5 Å². The molecule has 6 heteroatoms. The molecule has 144 valence electrons. The number of hydrogen-bond acceptors (Lipinski definition) is 5. The van der Waals surface area contributed by atoms with Crippen molar-refractivity contribution in [3.8, 4) is 22.5 Å². The van der Waals surface area contributed by atoms with E-state index in [1.165, 1.54) is 11.1 Å². The van der Waals surface area contributed by atoms with Crippen LogP contribution in [0.4, 0.5) is 5.69 Å². The highest BCUT2D eigenvalue weighted by Gasteiger charge is 2.22. The number of para-hydroxylation sites is 1. The summed E-state index contributed by atoms with van der Waals surface area (Å²) in [6.45, 7) is 1.54. The summed E-state index contributed by atoms with van der Waals surface area (Å²) in [5.41, 5.74) is 6.55. The first-order valence-electron chi connectivity index (χ1n) is 9.79. The van der Waals surface area contributed by atoms with Crippen LogP contribution >= 0.6 is 0 Å². The molecule has 1 aliphatic rings. The second-order valence-electron chi connectivity index (χ2n) is 7.09. The van der Waals surface area contributed by atoms with Gasteiger partial charge in [0, 0.05) is 29.9 Å². The molecule has 0 amide bonds. The number of rotatable bonds is 7. The lowest BCUT2D eigenvalue weighted by Crippen LogP contribution is -2.26. The molecule has 0 bridgehead atoms. The number of carbonyl (C=O) groups excluding carboxylic acids is 1. The molecule has 0 spiro atoms. The summed E-state index contributed by atoms with van der Waals surface area (Å²) < 4.78 is 2.02. The van der Waals surface area contributed by atoms with Crippen molar-refractivity contribution >= 4 is 12.0 Å². The van der Waals surface area contributed by atoms with Gasteiger partial charge in [-0.3, -0.25) is 0 Å². The third-order valence-corrected chi connectivity index (χ3v) is 5.33. The van der Waals surface area contributed by atoms with Gasteiger partial charge in [-0.15, -0.1) is 5.10 Å². The van der Waals surface area contributed by atoms with Crippen LogP contribution in [0.1, 0.15) is 24.8 Å². The van der Waals surface area contributed by atoms with Gasteiger partial charge in [0.05, 0.1) is 11.7 Å². The maximum atomic E-state index is 11.0. The Morgan fingerprint density at radius 1 is 1.14 bits per heavy atom. The van der Waals surface area contributed by atoms with E-state index in [9.17, 15) is 4.79 Å². The van der Waals surface area contributed by atoms with Crippen molar-refractivity contribution in [2.45, 2.75) is 38.4 Å². The Hall–Kier alpha value is -2.99. The minimum absolute atomic E-state index is 0.0740. The normalized spacial score (nSPS) is 13.3. The van der Waals surface area contributed by atoms with E-state index in [1.807, 2.05) is 23.9 Å². The fourth-order valence-electron chi connectivity index (χ4n) is 3.76.